The molecule has 0 spiro atoms. The summed E-state index contributed by atoms with van der Waals surface area (Å²) in [6.45, 7) is 7.36. The molecular formula is C10H15N3O4S. The van der Waals surface area contributed by atoms with Gasteiger partial charge in [-0.3, -0.25) is 5.10 Å². The van der Waals surface area contributed by atoms with Crippen molar-refractivity contribution in [1.29, 1.82) is 0 Å². The zero-order valence-corrected chi connectivity index (χ0v) is 11.0. The van der Waals surface area contributed by atoms with Gasteiger partial charge in [-0.05, 0) is 6.92 Å². The Morgan fingerprint density at radius 2 is 2.22 bits per heavy atom. The number of nitrogens with one attached hydrogen (secondary N) is 1. The van der Waals surface area contributed by atoms with E-state index in [1.807, 2.05) is 0 Å². The van der Waals surface area contributed by atoms with Crippen LogP contribution in [0.1, 0.15) is 24.2 Å². The number of aromatic nitrogens is 2. The molecule has 1 aromatic heterocycles. The van der Waals surface area contributed by atoms with Crippen LogP contribution < -0.4 is 0 Å². The second-order valence-corrected chi connectivity index (χ2v) is 5.68. The van der Waals surface area contributed by atoms with Gasteiger partial charge in [-0.25, -0.2) is 13.2 Å². The van der Waals surface area contributed by atoms with Crippen molar-refractivity contribution in [3.05, 3.63) is 23.9 Å². The quantitative estimate of drug-likeness (QED) is 0.742. The van der Waals surface area contributed by atoms with Crippen LogP contribution in [0.2, 0.25) is 0 Å². The fraction of sp³-hybridized carbons (Fsp3) is 0.400. The first kappa shape index (κ1) is 14.4. The number of carboxylic acid groups (broad SMARTS) is 1. The van der Waals surface area contributed by atoms with E-state index in [2.05, 4.69) is 16.8 Å². The Kier molecular flexibility index (Phi) is 4.25. The van der Waals surface area contributed by atoms with Crippen LogP contribution in [-0.2, 0) is 10.0 Å². The average molecular weight is 273 g/mol. The van der Waals surface area contributed by atoms with Crippen LogP contribution in [-0.4, -0.2) is 47.1 Å². The maximum absolute atomic E-state index is 12.2. The number of hydrogen-bond donors (Lipinski definition) is 2. The van der Waals surface area contributed by atoms with Gasteiger partial charge in [-0.1, -0.05) is 19.1 Å². The van der Waals surface area contributed by atoms with Gasteiger partial charge >= 0.3 is 5.97 Å². The van der Waals surface area contributed by atoms with Gasteiger partial charge in [0.05, 0.1) is 6.20 Å². The first-order valence-electron chi connectivity index (χ1n) is 5.21. The van der Waals surface area contributed by atoms with Crippen LogP contribution in [0, 0.1) is 0 Å². The number of aromatic carboxylic acids is 1. The van der Waals surface area contributed by atoms with E-state index >= 15 is 0 Å². The molecule has 0 unspecified atom stereocenters. The Morgan fingerprint density at radius 1 is 1.61 bits per heavy atom. The molecule has 0 aliphatic carbocycles. The molecule has 0 radical (unpaired) electrons. The SMILES string of the molecule is C=C(C)CN(CC)S(=O)(=O)c1[nH]ncc1C(=O)O. The Hall–Kier alpha value is -1.67. The van der Waals surface area contributed by atoms with Crippen LogP contribution in [0.25, 0.3) is 0 Å². The highest BCUT2D eigenvalue weighted by Crippen LogP contribution is 2.18. The molecule has 18 heavy (non-hydrogen) atoms. The van der Waals surface area contributed by atoms with Crippen molar-refractivity contribution in [3.63, 3.8) is 0 Å². The number of H-pyrrole nitrogens is 1. The van der Waals surface area contributed by atoms with Gasteiger partial charge in [0.1, 0.15) is 5.56 Å². The third-order valence-corrected chi connectivity index (χ3v) is 4.13. The maximum atomic E-state index is 12.2. The molecule has 0 bridgehead atoms. The zero-order valence-electron chi connectivity index (χ0n) is 10.2. The third-order valence-electron chi connectivity index (χ3n) is 2.23. The lowest BCUT2D eigenvalue weighted by atomic mass is 10.3. The summed E-state index contributed by atoms with van der Waals surface area (Å²) in [5.74, 6) is -1.34. The molecule has 2 N–H and O–H groups in total. The van der Waals surface area contributed by atoms with Crippen molar-refractivity contribution < 1.29 is 18.3 Å². The summed E-state index contributed by atoms with van der Waals surface area (Å²) >= 11 is 0. The van der Waals surface area contributed by atoms with E-state index in [1.165, 1.54) is 0 Å². The molecule has 1 heterocycles. The Bertz CT molecular complexity index is 561. The van der Waals surface area contributed by atoms with E-state index in [-0.39, 0.29) is 18.7 Å². The summed E-state index contributed by atoms with van der Waals surface area (Å²) in [6.07, 6.45) is 0.976. The van der Waals surface area contributed by atoms with Crippen molar-refractivity contribution in [3.8, 4) is 0 Å². The number of rotatable bonds is 6. The fourth-order valence-electron chi connectivity index (χ4n) is 1.42. The number of hydrogen-bond acceptors (Lipinski definition) is 4. The number of aromatic amines is 1. The number of carbonyl (C=O) groups is 1. The van der Waals surface area contributed by atoms with Gasteiger partial charge in [-0.15, -0.1) is 0 Å². The second kappa shape index (κ2) is 5.32. The molecule has 0 aliphatic rings. The van der Waals surface area contributed by atoms with Gasteiger partial charge < -0.3 is 5.11 Å². The number of nitrogens with zero attached hydrogens (tertiary/aromatic N) is 2. The molecule has 0 saturated heterocycles. The van der Waals surface area contributed by atoms with E-state index in [0.717, 1.165) is 10.5 Å². The Labute approximate surface area is 105 Å². The number of likely N-dealkylation sites (N-methyl/N-ethyl adjacent to an activating group) is 1. The first-order chi connectivity index (χ1) is 8.30. The molecule has 1 aromatic rings. The molecule has 0 atom stereocenters. The van der Waals surface area contributed by atoms with Crippen LogP contribution in [0.3, 0.4) is 0 Å². The van der Waals surface area contributed by atoms with Crippen molar-refractivity contribution in [2.45, 2.75) is 18.9 Å². The predicted octanol–water partition coefficient (Wildman–Crippen LogP) is 0.695. The van der Waals surface area contributed by atoms with E-state index in [1.54, 1.807) is 13.8 Å². The van der Waals surface area contributed by atoms with E-state index in [9.17, 15) is 13.2 Å². The smallest absolute Gasteiger partial charge is 0.340 e. The van der Waals surface area contributed by atoms with E-state index < -0.39 is 21.0 Å². The Balaban J connectivity index is 3.23. The summed E-state index contributed by atoms with van der Waals surface area (Å²) in [7, 11) is -3.90. The monoisotopic (exact) mass is 273 g/mol. The first-order valence-corrected chi connectivity index (χ1v) is 6.65. The van der Waals surface area contributed by atoms with E-state index in [4.69, 9.17) is 5.11 Å². The van der Waals surface area contributed by atoms with Gasteiger partial charge in [0.25, 0.3) is 10.0 Å². The minimum atomic E-state index is -3.90. The van der Waals surface area contributed by atoms with Gasteiger partial charge in [0.15, 0.2) is 5.03 Å². The third kappa shape index (κ3) is 2.77. The molecule has 0 amide bonds. The van der Waals surface area contributed by atoms with Gasteiger partial charge in [-0.2, -0.15) is 9.40 Å². The maximum Gasteiger partial charge on any atom is 0.340 e. The highest BCUT2D eigenvalue weighted by atomic mass is 32.2. The second-order valence-electron chi connectivity index (χ2n) is 3.81. The van der Waals surface area contributed by atoms with E-state index in [0.29, 0.717) is 5.57 Å². The fourth-order valence-corrected chi connectivity index (χ4v) is 2.99. The topological polar surface area (TPSA) is 103 Å². The average Bonchev–Trinajstić information content (AvgIpc) is 2.74. The van der Waals surface area contributed by atoms with Gasteiger partial charge in [0.2, 0.25) is 0 Å². The molecule has 0 aliphatic heterocycles. The van der Waals surface area contributed by atoms with Gasteiger partial charge in [0, 0.05) is 13.1 Å². The van der Waals surface area contributed by atoms with Crippen molar-refractivity contribution in [2.75, 3.05) is 13.1 Å². The lowest BCUT2D eigenvalue weighted by molar-refractivity contribution is 0.0692. The van der Waals surface area contributed by atoms with Crippen LogP contribution in [0.15, 0.2) is 23.4 Å². The summed E-state index contributed by atoms with van der Waals surface area (Å²) in [5.41, 5.74) is 0.298. The number of sulfonamides is 1. The number of carboxylic acids is 1. The highest BCUT2D eigenvalue weighted by molar-refractivity contribution is 7.89. The largest absolute Gasteiger partial charge is 0.478 e. The molecule has 0 saturated carbocycles. The molecule has 0 fully saturated rings. The normalized spacial score (nSPS) is 11.7. The standard InChI is InChI=1S/C10H15N3O4S/c1-4-13(6-7(2)3)18(16,17)9-8(10(14)15)5-11-12-9/h5H,2,4,6H2,1,3H3,(H,11,12)(H,14,15). The lowest BCUT2D eigenvalue weighted by Crippen LogP contribution is -2.33. The minimum absolute atomic E-state index is 0.136. The molecule has 100 valence electrons. The van der Waals surface area contributed by atoms with Crippen LogP contribution >= 0.6 is 0 Å². The molecule has 8 heteroatoms. The van der Waals surface area contributed by atoms with Crippen LogP contribution in [0.4, 0.5) is 0 Å². The molecule has 7 nitrogen and oxygen atoms in total. The Morgan fingerprint density at radius 3 is 2.67 bits per heavy atom. The molecule has 0 aromatic carbocycles. The molecule has 1 rings (SSSR count). The highest BCUT2D eigenvalue weighted by Gasteiger charge is 2.30. The van der Waals surface area contributed by atoms with Crippen molar-refractivity contribution in [1.82, 2.24) is 14.5 Å². The summed E-state index contributed by atoms with van der Waals surface area (Å²) in [6, 6.07) is 0. The van der Waals surface area contributed by atoms with Crippen molar-refractivity contribution in [2.24, 2.45) is 0 Å². The predicted molar refractivity (Wildman–Crippen MR) is 64.8 cm³/mol. The summed E-state index contributed by atoms with van der Waals surface area (Å²) in [4.78, 5) is 10.9. The summed E-state index contributed by atoms with van der Waals surface area (Å²) in [5, 5.41) is 14.2. The zero-order chi connectivity index (χ0) is 13.9. The van der Waals surface area contributed by atoms with Crippen LogP contribution in [0.5, 0.6) is 0 Å². The van der Waals surface area contributed by atoms with Crippen molar-refractivity contribution >= 4 is 16.0 Å². The summed E-state index contributed by atoms with van der Waals surface area (Å²) < 4.78 is 25.6. The minimum Gasteiger partial charge on any atom is -0.478 e. The molecular weight excluding hydrogens is 258 g/mol. The lowest BCUT2D eigenvalue weighted by Gasteiger charge is -2.19.